The first-order chi connectivity index (χ1) is 8.15. The Labute approximate surface area is 107 Å². The summed E-state index contributed by atoms with van der Waals surface area (Å²) in [4.78, 5) is 19.9. The number of anilines is 1. The quantitative estimate of drug-likeness (QED) is 0.866. The van der Waals surface area contributed by atoms with Crippen molar-refractivity contribution in [3.63, 3.8) is 0 Å². The van der Waals surface area contributed by atoms with Crippen molar-refractivity contribution in [2.75, 3.05) is 5.32 Å². The molecule has 0 saturated heterocycles. The Morgan fingerprint density at radius 1 is 1.35 bits per heavy atom. The van der Waals surface area contributed by atoms with E-state index in [9.17, 15) is 4.79 Å². The fraction of sp³-hybridized carbons (Fsp3) is 0.0833. The molecule has 0 atom stereocenters. The van der Waals surface area contributed by atoms with Gasteiger partial charge in [0.05, 0.1) is 11.9 Å². The number of amides is 1. The van der Waals surface area contributed by atoms with Gasteiger partial charge in [-0.15, -0.1) is 0 Å². The maximum atomic E-state index is 11.9. The van der Waals surface area contributed by atoms with Crippen LogP contribution < -0.4 is 5.32 Å². The van der Waals surface area contributed by atoms with Crippen LogP contribution in [-0.2, 0) is 0 Å². The summed E-state index contributed by atoms with van der Waals surface area (Å²) in [6.07, 6.45) is 4.92. The number of carbonyl (C=O) groups excluding carboxylic acids is 1. The maximum Gasteiger partial charge on any atom is 0.255 e. The van der Waals surface area contributed by atoms with Crippen LogP contribution in [0.2, 0.25) is 0 Å². The van der Waals surface area contributed by atoms with Gasteiger partial charge < -0.3 is 5.32 Å². The van der Waals surface area contributed by atoms with Crippen molar-refractivity contribution in [3.05, 3.63) is 52.5 Å². The summed E-state index contributed by atoms with van der Waals surface area (Å²) in [7, 11) is 0. The smallest absolute Gasteiger partial charge is 0.255 e. The number of halogens is 1. The Balaban J connectivity index is 2.17. The molecule has 0 unspecified atom stereocenters. The van der Waals surface area contributed by atoms with Gasteiger partial charge in [0.2, 0.25) is 0 Å². The van der Waals surface area contributed by atoms with Gasteiger partial charge in [-0.3, -0.25) is 9.78 Å². The second-order valence-corrected chi connectivity index (χ2v) is 4.38. The lowest BCUT2D eigenvalue weighted by atomic mass is 10.2. The van der Waals surface area contributed by atoms with Gasteiger partial charge in [0.15, 0.2) is 0 Å². The highest BCUT2D eigenvalue weighted by atomic mass is 79.9. The third-order valence-corrected chi connectivity index (χ3v) is 2.56. The third-order valence-electron chi connectivity index (χ3n) is 2.12. The normalized spacial score (nSPS) is 10.0. The highest BCUT2D eigenvalue weighted by Gasteiger charge is 2.06. The van der Waals surface area contributed by atoms with Crippen LogP contribution in [0.3, 0.4) is 0 Å². The number of aryl methyl sites for hydroxylation is 1. The average Bonchev–Trinajstić information content (AvgIpc) is 2.29. The Kier molecular flexibility index (Phi) is 3.49. The molecule has 0 aliphatic heterocycles. The van der Waals surface area contributed by atoms with E-state index < -0.39 is 0 Å². The molecule has 4 nitrogen and oxygen atoms in total. The standard InChI is InChI=1S/C12H10BrN3O/c1-8-4-10(7-14-6-8)16-12(17)9-2-3-15-11(13)5-9/h2-7H,1H3,(H,16,17). The van der Waals surface area contributed by atoms with Crippen LogP contribution >= 0.6 is 15.9 Å². The fourth-order valence-electron chi connectivity index (χ4n) is 1.37. The van der Waals surface area contributed by atoms with Gasteiger partial charge in [0.1, 0.15) is 4.60 Å². The predicted octanol–water partition coefficient (Wildman–Crippen LogP) is 2.80. The summed E-state index contributed by atoms with van der Waals surface area (Å²) < 4.78 is 0.632. The molecular weight excluding hydrogens is 282 g/mol. The number of hydrogen-bond acceptors (Lipinski definition) is 3. The summed E-state index contributed by atoms with van der Waals surface area (Å²) >= 11 is 3.22. The SMILES string of the molecule is Cc1cncc(NC(=O)c2ccnc(Br)c2)c1. The molecule has 2 rings (SSSR count). The van der Waals surface area contributed by atoms with Crippen molar-refractivity contribution in [2.45, 2.75) is 6.92 Å². The van der Waals surface area contributed by atoms with Crippen LogP contribution in [0.5, 0.6) is 0 Å². The Hall–Kier alpha value is -1.75. The topological polar surface area (TPSA) is 54.9 Å². The van der Waals surface area contributed by atoms with E-state index in [-0.39, 0.29) is 5.91 Å². The zero-order valence-electron chi connectivity index (χ0n) is 9.14. The predicted molar refractivity (Wildman–Crippen MR) is 68.9 cm³/mol. The third kappa shape index (κ3) is 3.10. The number of nitrogens with zero attached hydrogens (tertiary/aromatic N) is 2. The van der Waals surface area contributed by atoms with E-state index in [2.05, 4.69) is 31.2 Å². The van der Waals surface area contributed by atoms with E-state index >= 15 is 0 Å². The number of nitrogens with one attached hydrogen (secondary N) is 1. The zero-order valence-corrected chi connectivity index (χ0v) is 10.7. The van der Waals surface area contributed by atoms with E-state index in [1.165, 1.54) is 0 Å². The average molecular weight is 292 g/mol. The van der Waals surface area contributed by atoms with Crippen LogP contribution in [-0.4, -0.2) is 15.9 Å². The number of carbonyl (C=O) groups is 1. The molecule has 2 heterocycles. The Morgan fingerprint density at radius 3 is 2.88 bits per heavy atom. The minimum absolute atomic E-state index is 0.180. The molecular formula is C12H10BrN3O. The molecule has 0 aliphatic rings. The minimum Gasteiger partial charge on any atom is -0.321 e. The van der Waals surface area contributed by atoms with Crippen LogP contribution in [0.4, 0.5) is 5.69 Å². The molecule has 0 radical (unpaired) electrons. The first kappa shape index (κ1) is 11.7. The molecule has 0 fully saturated rings. The molecule has 0 spiro atoms. The molecule has 1 amide bonds. The van der Waals surface area contributed by atoms with E-state index in [0.717, 1.165) is 5.56 Å². The van der Waals surface area contributed by atoms with Crippen molar-refractivity contribution in [1.82, 2.24) is 9.97 Å². The summed E-state index contributed by atoms with van der Waals surface area (Å²) in [6.45, 7) is 1.92. The molecule has 2 aromatic rings. The maximum absolute atomic E-state index is 11.9. The van der Waals surface area contributed by atoms with Crippen molar-refractivity contribution in [1.29, 1.82) is 0 Å². The van der Waals surface area contributed by atoms with Gasteiger partial charge in [-0.1, -0.05) is 0 Å². The van der Waals surface area contributed by atoms with Crippen LogP contribution in [0, 0.1) is 6.92 Å². The lowest BCUT2D eigenvalue weighted by molar-refractivity contribution is 0.102. The van der Waals surface area contributed by atoms with E-state index in [1.54, 1.807) is 30.7 Å². The molecule has 2 aromatic heterocycles. The van der Waals surface area contributed by atoms with Crippen molar-refractivity contribution < 1.29 is 4.79 Å². The lowest BCUT2D eigenvalue weighted by Crippen LogP contribution is -2.12. The van der Waals surface area contributed by atoms with Crippen molar-refractivity contribution in [2.24, 2.45) is 0 Å². The molecule has 0 saturated carbocycles. The van der Waals surface area contributed by atoms with Gasteiger partial charge in [-0.05, 0) is 46.6 Å². The molecule has 0 aromatic carbocycles. The molecule has 0 bridgehead atoms. The molecule has 5 heteroatoms. The van der Waals surface area contributed by atoms with Gasteiger partial charge in [-0.25, -0.2) is 4.98 Å². The number of rotatable bonds is 2. The van der Waals surface area contributed by atoms with E-state index in [0.29, 0.717) is 15.9 Å². The number of aromatic nitrogens is 2. The first-order valence-electron chi connectivity index (χ1n) is 5.00. The first-order valence-corrected chi connectivity index (χ1v) is 5.79. The molecule has 0 aliphatic carbocycles. The monoisotopic (exact) mass is 291 g/mol. The zero-order chi connectivity index (χ0) is 12.3. The van der Waals surface area contributed by atoms with Crippen molar-refractivity contribution in [3.8, 4) is 0 Å². The number of hydrogen-bond donors (Lipinski definition) is 1. The summed E-state index contributed by atoms with van der Waals surface area (Å²) in [5.74, 6) is -0.180. The summed E-state index contributed by atoms with van der Waals surface area (Å²) in [5, 5.41) is 2.78. The summed E-state index contributed by atoms with van der Waals surface area (Å²) in [5.41, 5.74) is 2.23. The summed E-state index contributed by atoms with van der Waals surface area (Å²) in [6, 6.07) is 5.18. The van der Waals surface area contributed by atoms with Crippen molar-refractivity contribution >= 4 is 27.5 Å². The highest BCUT2D eigenvalue weighted by Crippen LogP contribution is 2.12. The Morgan fingerprint density at radius 2 is 2.18 bits per heavy atom. The lowest BCUT2D eigenvalue weighted by Gasteiger charge is -2.05. The molecule has 86 valence electrons. The highest BCUT2D eigenvalue weighted by molar-refractivity contribution is 9.10. The molecule has 17 heavy (non-hydrogen) atoms. The van der Waals surface area contributed by atoms with E-state index in [1.807, 2.05) is 13.0 Å². The van der Waals surface area contributed by atoms with Crippen LogP contribution in [0.1, 0.15) is 15.9 Å². The minimum atomic E-state index is -0.180. The second-order valence-electron chi connectivity index (χ2n) is 3.57. The van der Waals surface area contributed by atoms with Gasteiger partial charge in [0.25, 0.3) is 5.91 Å². The second kappa shape index (κ2) is 5.05. The fourth-order valence-corrected chi connectivity index (χ4v) is 1.74. The van der Waals surface area contributed by atoms with Gasteiger partial charge >= 0.3 is 0 Å². The van der Waals surface area contributed by atoms with E-state index in [4.69, 9.17) is 0 Å². The van der Waals surface area contributed by atoms with Crippen LogP contribution in [0.15, 0.2) is 41.4 Å². The largest absolute Gasteiger partial charge is 0.321 e. The van der Waals surface area contributed by atoms with Gasteiger partial charge in [-0.2, -0.15) is 0 Å². The van der Waals surface area contributed by atoms with Gasteiger partial charge in [0, 0.05) is 18.0 Å². The van der Waals surface area contributed by atoms with Crippen LogP contribution in [0.25, 0.3) is 0 Å². The molecule has 1 N–H and O–H groups in total. The Bertz CT molecular complexity index is 557. The number of pyridine rings is 2.